The predicted molar refractivity (Wildman–Crippen MR) is 73.4 cm³/mol. The molecular weight excluding hydrogens is 229 g/mol. The van der Waals surface area contributed by atoms with E-state index in [4.69, 9.17) is 5.73 Å². The Labute approximate surface area is 106 Å². The number of anilines is 1. The minimum Gasteiger partial charge on any atom is -0.377 e. The maximum absolute atomic E-state index is 14.1. The number of fused-ring (bicyclic) bond motifs is 1. The highest BCUT2D eigenvalue weighted by molar-refractivity contribution is 5.92. The molecule has 1 unspecified atom stereocenters. The van der Waals surface area contributed by atoms with Gasteiger partial charge >= 0.3 is 0 Å². The molecule has 96 valence electrons. The zero-order chi connectivity index (χ0) is 13.4. The van der Waals surface area contributed by atoms with E-state index in [1.807, 2.05) is 45.0 Å². The molecule has 0 saturated carbocycles. The molecule has 2 rings (SSSR count). The standard InChI is InChI=1S/C14H18FN3/c1-8-5-13(18(3)4)11-6-10(9(2)16)7-12(15)14(11)17-8/h5-7,9H,16H2,1-4H3. The number of nitrogens with two attached hydrogens (primary N) is 1. The number of hydrogen-bond acceptors (Lipinski definition) is 3. The Morgan fingerprint density at radius 2 is 1.94 bits per heavy atom. The van der Waals surface area contributed by atoms with Crippen molar-refractivity contribution in [2.45, 2.75) is 19.9 Å². The van der Waals surface area contributed by atoms with E-state index < -0.39 is 0 Å². The number of hydrogen-bond donors (Lipinski definition) is 1. The summed E-state index contributed by atoms with van der Waals surface area (Å²) in [6.07, 6.45) is 0. The largest absolute Gasteiger partial charge is 0.377 e. The van der Waals surface area contributed by atoms with Crippen molar-refractivity contribution in [2.75, 3.05) is 19.0 Å². The van der Waals surface area contributed by atoms with E-state index in [2.05, 4.69) is 4.98 Å². The summed E-state index contributed by atoms with van der Waals surface area (Å²) in [4.78, 5) is 6.24. The van der Waals surface area contributed by atoms with Crippen LogP contribution < -0.4 is 10.6 Å². The zero-order valence-electron chi connectivity index (χ0n) is 11.2. The Balaban J connectivity index is 2.84. The molecule has 0 aliphatic heterocycles. The number of nitrogens with zero attached hydrogens (tertiary/aromatic N) is 2. The smallest absolute Gasteiger partial charge is 0.149 e. The van der Waals surface area contributed by atoms with Crippen LogP contribution in [0, 0.1) is 12.7 Å². The molecule has 2 aromatic rings. The molecule has 1 atom stereocenters. The number of rotatable bonds is 2. The molecule has 0 amide bonds. The first-order valence-electron chi connectivity index (χ1n) is 5.94. The first kappa shape index (κ1) is 12.8. The van der Waals surface area contributed by atoms with Crippen LogP contribution in [0.3, 0.4) is 0 Å². The lowest BCUT2D eigenvalue weighted by atomic mass is 10.0. The number of aromatic nitrogens is 1. The first-order chi connectivity index (χ1) is 8.40. The van der Waals surface area contributed by atoms with Crippen molar-refractivity contribution in [3.8, 4) is 0 Å². The Hall–Kier alpha value is -1.68. The minimum atomic E-state index is -0.313. The third-order valence-electron chi connectivity index (χ3n) is 3.00. The van der Waals surface area contributed by atoms with Gasteiger partial charge in [-0.05, 0) is 37.6 Å². The quantitative estimate of drug-likeness (QED) is 0.887. The van der Waals surface area contributed by atoms with Gasteiger partial charge < -0.3 is 10.6 Å². The third kappa shape index (κ3) is 2.16. The van der Waals surface area contributed by atoms with Gasteiger partial charge in [0.15, 0.2) is 0 Å². The van der Waals surface area contributed by atoms with E-state index in [0.29, 0.717) is 5.52 Å². The molecule has 0 fully saturated rings. The molecule has 0 bridgehead atoms. The van der Waals surface area contributed by atoms with Crippen molar-refractivity contribution in [3.63, 3.8) is 0 Å². The minimum absolute atomic E-state index is 0.194. The van der Waals surface area contributed by atoms with Gasteiger partial charge in [-0.2, -0.15) is 0 Å². The van der Waals surface area contributed by atoms with E-state index in [0.717, 1.165) is 22.3 Å². The fraction of sp³-hybridized carbons (Fsp3) is 0.357. The summed E-state index contributed by atoms with van der Waals surface area (Å²) in [7, 11) is 3.87. The van der Waals surface area contributed by atoms with Gasteiger partial charge in [-0.1, -0.05) is 0 Å². The summed E-state index contributed by atoms with van der Waals surface area (Å²) in [5, 5.41) is 0.804. The summed E-state index contributed by atoms with van der Waals surface area (Å²) < 4.78 is 14.1. The lowest BCUT2D eigenvalue weighted by Gasteiger charge is -2.17. The maximum atomic E-state index is 14.1. The molecule has 1 heterocycles. The number of benzene rings is 1. The van der Waals surface area contributed by atoms with Crippen LogP contribution in [-0.4, -0.2) is 19.1 Å². The van der Waals surface area contributed by atoms with Crippen molar-refractivity contribution >= 4 is 16.6 Å². The molecular formula is C14H18FN3. The molecule has 0 spiro atoms. The molecule has 0 aliphatic carbocycles. The summed E-state index contributed by atoms with van der Waals surface area (Å²) >= 11 is 0. The molecule has 3 nitrogen and oxygen atoms in total. The third-order valence-corrected chi connectivity index (χ3v) is 3.00. The first-order valence-corrected chi connectivity index (χ1v) is 5.94. The predicted octanol–water partition coefficient (Wildman–Crippen LogP) is 2.77. The summed E-state index contributed by atoms with van der Waals surface area (Å²) in [6, 6.07) is 5.15. The average molecular weight is 247 g/mol. The van der Waals surface area contributed by atoms with Gasteiger partial charge in [0, 0.05) is 36.9 Å². The van der Waals surface area contributed by atoms with E-state index >= 15 is 0 Å². The van der Waals surface area contributed by atoms with Crippen LogP contribution >= 0.6 is 0 Å². The van der Waals surface area contributed by atoms with Crippen LogP contribution in [0.2, 0.25) is 0 Å². The second-order valence-corrected chi connectivity index (χ2v) is 4.86. The summed E-state index contributed by atoms with van der Waals surface area (Å²) in [6.45, 7) is 3.71. The maximum Gasteiger partial charge on any atom is 0.149 e. The van der Waals surface area contributed by atoms with Crippen LogP contribution in [0.4, 0.5) is 10.1 Å². The van der Waals surface area contributed by atoms with Crippen LogP contribution in [0.1, 0.15) is 24.2 Å². The fourth-order valence-corrected chi connectivity index (χ4v) is 2.05. The van der Waals surface area contributed by atoms with Crippen molar-refractivity contribution in [1.82, 2.24) is 4.98 Å². The lowest BCUT2D eigenvalue weighted by Crippen LogP contribution is -2.11. The van der Waals surface area contributed by atoms with Crippen molar-refractivity contribution in [2.24, 2.45) is 5.73 Å². The fourth-order valence-electron chi connectivity index (χ4n) is 2.05. The van der Waals surface area contributed by atoms with Gasteiger partial charge in [0.25, 0.3) is 0 Å². The van der Waals surface area contributed by atoms with Gasteiger partial charge in [-0.3, -0.25) is 0 Å². The summed E-state index contributed by atoms with van der Waals surface area (Å²) in [5.74, 6) is -0.313. The van der Waals surface area contributed by atoms with Gasteiger partial charge in [0.2, 0.25) is 0 Å². The highest BCUT2D eigenvalue weighted by atomic mass is 19.1. The Morgan fingerprint density at radius 3 is 2.50 bits per heavy atom. The van der Waals surface area contributed by atoms with E-state index in [1.165, 1.54) is 6.07 Å². The Kier molecular flexibility index (Phi) is 3.22. The summed E-state index contributed by atoms with van der Waals surface area (Å²) in [5.41, 5.74) is 8.78. The number of halogens is 1. The average Bonchev–Trinajstić information content (AvgIpc) is 2.28. The molecule has 2 N–H and O–H groups in total. The molecule has 0 aliphatic rings. The Morgan fingerprint density at radius 1 is 1.28 bits per heavy atom. The lowest BCUT2D eigenvalue weighted by molar-refractivity contribution is 0.631. The van der Waals surface area contributed by atoms with Gasteiger partial charge in [-0.25, -0.2) is 9.37 Å². The molecule has 0 saturated heterocycles. The molecule has 1 aromatic heterocycles. The Bertz CT molecular complexity index is 591. The monoisotopic (exact) mass is 247 g/mol. The molecule has 4 heteroatoms. The molecule has 0 radical (unpaired) electrons. The highest BCUT2D eigenvalue weighted by Crippen LogP contribution is 2.29. The second kappa shape index (κ2) is 4.53. The SMILES string of the molecule is Cc1cc(N(C)C)c2cc(C(C)N)cc(F)c2n1. The highest BCUT2D eigenvalue weighted by Gasteiger charge is 2.13. The van der Waals surface area contributed by atoms with Crippen LogP contribution in [0.5, 0.6) is 0 Å². The molecule has 1 aromatic carbocycles. The zero-order valence-corrected chi connectivity index (χ0v) is 11.2. The van der Waals surface area contributed by atoms with Gasteiger partial charge in [-0.15, -0.1) is 0 Å². The van der Waals surface area contributed by atoms with Crippen LogP contribution in [-0.2, 0) is 0 Å². The van der Waals surface area contributed by atoms with Crippen molar-refractivity contribution in [1.29, 1.82) is 0 Å². The van der Waals surface area contributed by atoms with Crippen LogP contribution in [0.25, 0.3) is 10.9 Å². The number of aryl methyl sites for hydroxylation is 1. The van der Waals surface area contributed by atoms with E-state index in [9.17, 15) is 4.39 Å². The number of pyridine rings is 1. The van der Waals surface area contributed by atoms with Gasteiger partial charge in [0.05, 0.1) is 0 Å². The topological polar surface area (TPSA) is 42.1 Å². The van der Waals surface area contributed by atoms with Crippen molar-refractivity contribution < 1.29 is 4.39 Å². The van der Waals surface area contributed by atoms with Gasteiger partial charge in [0.1, 0.15) is 11.3 Å². The van der Waals surface area contributed by atoms with Crippen LogP contribution in [0.15, 0.2) is 18.2 Å². The normalized spacial score (nSPS) is 12.8. The van der Waals surface area contributed by atoms with E-state index in [-0.39, 0.29) is 11.9 Å². The second-order valence-electron chi connectivity index (χ2n) is 4.86. The van der Waals surface area contributed by atoms with E-state index in [1.54, 1.807) is 0 Å². The van der Waals surface area contributed by atoms with Crippen molar-refractivity contribution in [3.05, 3.63) is 35.3 Å². The molecule has 18 heavy (non-hydrogen) atoms.